The molecule has 2 aromatic heterocycles. The van der Waals surface area contributed by atoms with Gasteiger partial charge in [0.2, 0.25) is 0 Å². The van der Waals surface area contributed by atoms with E-state index >= 15 is 0 Å². The third-order valence-electron chi connectivity index (χ3n) is 2.28. The molecule has 17 heavy (non-hydrogen) atoms. The first-order valence-electron chi connectivity index (χ1n) is 5.22. The van der Waals surface area contributed by atoms with Gasteiger partial charge in [0.25, 0.3) is 0 Å². The summed E-state index contributed by atoms with van der Waals surface area (Å²) >= 11 is 6.83. The molecule has 6 heteroatoms. The molecular formula is C11H14BrN3S2. The molecule has 2 aromatic rings. The molecule has 0 spiro atoms. The van der Waals surface area contributed by atoms with E-state index in [4.69, 9.17) is 5.73 Å². The Bertz CT molecular complexity index is 481. The fourth-order valence-corrected chi connectivity index (χ4v) is 3.45. The quantitative estimate of drug-likeness (QED) is 0.915. The average Bonchev–Trinajstić information content (AvgIpc) is 2.88. The summed E-state index contributed by atoms with van der Waals surface area (Å²) in [6.45, 7) is 2.34. The molecule has 0 aliphatic heterocycles. The minimum absolute atomic E-state index is 0.534. The van der Waals surface area contributed by atoms with Gasteiger partial charge in [0.1, 0.15) is 5.01 Å². The lowest BCUT2D eigenvalue weighted by atomic mass is 10.3. The van der Waals surface area contributed by atoms with Crippen LogP contribution < -0.4 is 5.73 Å². The minimum Gasteiger partial charge on any atom is -0.325 e. The summed E-state index contributed by atoms with van der Waals surface area (Å²) in [6, 6.07) is 2.16. The topological polar surface area (TPSA) is 42.1 Å². The number of thiazole rings is 1. The van der Waals surface area contributed by atoms with E-state index in [0.29, 0.717) is 6.54 Å². The molecule has 3 nitrogen and oxygen atoms in total. The van der Waals surface area contributed by atoms with Crippen molar-refractivity contribution in [1.82, 2.24) is 9.88 Å². The summed E-state index contributed by atoms with van der Waals surface area (Å²) in [5.74, 6) is 0. The molecule has 0 atom stereocenters. The van der Waals surface area contributed by atoms with E-state index < -0.39 is 0 Å². The largest absolute Gasteiger partial charge is 0.325 e. The fourth-order valence-electron chi connectivity index (χ4n) is 1.59. The molecule has 2 rings (SSSR count). The summed E-state index contributed by atoms with van der Waals surface area (Å²) < 4.78 is 1.18. The lowest BCUT2D eigenvalue weighted by Gasteiger charge is -2.13. The zero-order valence-electron chi connectivity index (χ0n) is 9.52. The first-order chi connectivity index (χ1) is 8.17. The standard InChI is InChI=1S/C11H14BrN3S2/c1-15(4-8-2-10(12)16-6-8)5-9-7-17-11(3-13)14-9/h2,6-7H,3-5,13H2,1H3. The van der Waals surface area contributed by atoms with Crippen LogP contribution in [0.25, 0.3) is 0 Å². The van der Waals surface area contributed by atoms with Crippen LogP contribution in [0.5, 0.6) is 0 Å². The SMILES string of the molecule is CN(Cc1csc(Br)c1)Cc1csc(CN)n1. The summed E-state index contributed by atoms with van der Waals surface area (Å²) in [6.07, 6.45) is 0. The summed E-state index contributed by atoms with van der Waals surface area (Å²) in [7, 11) is 2.10. The molecule has 92 valence electrons. The van der Waals surface area contributed by atoms with Crippen LogP contribution in [0.3, 0.4) is 0 Å². The van der Waals surface area contributed by atoms with Gasteiger partial charge in [-0.05, 0) is 40.0 Å². The lowest BCUT2D eigenvalue weighted by molar-refractivity contribution is 0.316. The van der Waals surface area contributed by atoms with Gasteiger partial charge in [-0.25, -0.2) is 4.98 Å². The molecule has 0 bridgehead atoms. The molecule has 0 saturated carbocycles. The van der Waals surface area contributed by atoms with Gasteiger partial charge in [0.15, 0.2) is 0 Å². The fraction of sp³-hybridized carbons (Fsp3) is 0.364. The third kappa shape index (κ3) is 3.86. The van der Waals surface area contributed by atoms with Crippen molar-refractivity contribution in [2.24, 2.45) is 5.73 Å². The molecule has 0 unspecified atom stereocenters. The van der Waals surface area contributed by atoms with Crippen LogP contribution in [-0.2, 0) is 19.6 Å². The van der Waals surface area contributed by atoms with E-state index in [-0.39, 0.29) is 0 Å². The molecular weight excluding hydrogens is 318 g/mol. The van der Waals surface area contributed by atoms with Gasteiger partial charge in [0.05, 0.1) is 9.48 Å². The Morgan fingerprint density at radius 1 is 1.35 bits per heavy atom. The zero-order chi connectivity index (χ0) is 12.3. The van der Waals surface area contributed by atoms with Crippen LogP contribution in [0.1, 0.15) is 16.3 Å². The number of hydrogen-bond donors (Lipinski definition) is 1. The second-order valence-corrected chi connectivity index (χ2v) is 7.10. The van der Waals surface area contributed by atoms with Gasteiger partial charge in [-0.3, -0.25) is 4.90 Å². The van der Waals surface area contributed by atoms with Gasteiger partial charge < -0.3 is 5.73 Å². The highest BCUT2D eigenvalue weighted by Gasteiger charge is 2.06. The van der Waals surface area contributed by atoms with Crippen molar-refractivity contribution in [2.75, 3.05) is 7.05 Å². The Balaban J connectivity index is 1.90. The van der Waals surface area contributed by atoms with Crippen molar-refractivity contribution in [1.29, 1.82) is 0 Å². The normalized spacial score (nSPS) is 11.3. The molecule has 0 aliphatic rings. The molecule has 0 amide bonds. The Hall–Kier alpha value is -0.270. The number of rotatable bonds is 5. The van der Waals surface area contributed by atoms with Gasteiger partial charge in [-0.2, -0.15) is 0 Å². The van der Waals surface area contributed by atoms with Crippen LogP contribution in [-0.4, -0.2) is 16.9 Å². The van der Waals surface area contributed by atoms with Gasteiger partial charge in [-0.15, -0.1) is 22.7 Å². The highest BCUT2D eigenvalue weighted by molar-refractivity contribution is 9.11. The van der Waals surface area contributed by atoms with Crippen LogP contribution in [0.4, 0.5) is 0 Å². The smallest absolute Gasteiger partial charge is 0.106 e. The number of nitrogens with zero attached hydrogens (tertiary/aromatic N) is 2. The maximum Gasteiger partial charge on any atom is 0.106 e. The van der Waals surface area contributed by atoms with Crippen LogP contribution in [0.15, 0.2) is 20.6 Å². The van der Waals surface area contributed by atoms with Crippen LogP contribution >= 0.6 is 38.6 Å². The summed E-state index contributed by atoms with van der Waals surface area (Å²) in [5.41, 5.74) is 7.99. The second kappa shape index (κ2) is 6.06. The Kier molecular flexibility index (Phi) is 4.69. The summed E-state index contributed by atoms with van der Waals surface area (Å²) in [4.78, 5) is 6.71. The minimum atomic E-state index is 0.534. The number of aromatic nitrogens is 1. The predicted molar refractivity (Wildman–Crippen MR) is 77.2 cm³/mol. The first kappa shape index (κ1) is 13.2. The molecule has 0 radical (unpaired) electrons. The first-order valence-corrected chi connectivity index (χ1v) is 7.77. The monoisotopic (exact) mass is 331 g/mol. The van der Waals surface area contributed by atoms with Crippen LogP contribution in [0, 0.1) is 0 Å². The Morgan fingerprint density at radius 3 is 2.76 bits per heavy atom. The van der Waals surface area contributed by atoms with Crippen molar-refractivity contribution in [3.8, 4) is 0 Å². The van der Waals surface area contributed by atoms with E-state index in [1.807, 2.05) is 0 Å². The number of thiophene rings is 1. The van der Waals surface area contributed by atoms with Crippen LogP contribution in [0.2, 0.25) is 0 Å². The lowest BCUT2D eigenvalue weighted by Crippen LogP contribution is -2.17. The Labute approximate surface area is 117 Å². The van der Waals surface area contributed by atoms with Gasteiger partial charge in [0, 0.05) is 25.0 Å². The Morgan fingerprint density at radius 2 is 2.18 bits per heavy atom. The van der Waals surface area contributed by atoms with Gasteiger partial charge >= 0.3 is 0 Å². The highest BCUT2D eigenvalue weighted by Crippen LogP contribution is 2.22. The van der Waals surface area contributed by atoms with Crippen molar-refractivity contribution in [2.45, 2.75) is 19.6 Å². The predicted octanol–water partition coefficient (Wildman–Crippen LogP) is 3.06. The molecule has 0 fully saturated rings. The maximum atomic E-state index is 5.55. The maximum absolute atomic E-state index is 5.55. The number of halogens is 1. The highest BCUT2D eigenvalue weighted by atomic mass is 79.9. The molecule has 0 aromatic carbocycles. The van der Waals surface area contributed by atoms with E-state index in [0.717, 1.165) is 23.8 Å². The second-order valence-electron chi connectivity index (χ2n) is 3.87. The van der Waals surface area contributed by atoms with E-state index in [9.17, 15) is 0 Å². The molecule has 2 heterocycles. The zero-order valence-corrected chi connectivity index (χ0v) is 12.7. The summed E-state index contributed by atoms with van der Waals surface area (Å²) in [5, 5.41) is 5.27. The van der Waals surface area contributed by atoms with Crippen molar-refractivity contribution < 1.29 is 0 Å². The molecule has 0 aliphatic carbocycles. The third-order valence-corrected chi connectivity index (χ3v) is 4.75. The number of hydrogen-bond acceptors (Lipinski definition) is 5. The van der Waals surface area contributed by atoms with Gasteiger partial charge in [-0.1, -0.05) is 0 Å². The molecule has 2 N–H and O–H groups in total. The number of nitrogens with two attached hydrogens (primary N) is 1. The van der Waals surface area contributed by atoms with E-state index in [1.165, 1.54) is 9.35 Å². The van der Waals surface area contributed by atoms with E-state index in [1.54, 1.807) is 22.7 Å². The van der Waals surface area contributed by atoms with Crippen molar-refractivity contribution in [3.05, 3.63) is 36.9 Å². The molecule has 0 saturated heterocycles. The van der Waals surface area contributed by atoms with Crippen molar-refractivity contribution >= 4 is 38.6 Å². The van der Waals surface area contributed by atoms with E-state index in [2.05, 4.69) is 49.7 Å². The van der Waals surface area contributed by atoms with Crippen molar-refractivity contribution in [3.63, 3.8) is 0 Å². The average molecular weight is 332 g/mol.